The Morgan fingerprint density at radius 1 is 1.05 bits per heavy atom. The van der Waals surface area contributed by atoms with Crippen LogP contribution in [-0.2, 0) is 0 Å². The highest BCUT2D eigenvalue weighted by Crippen LogP contribution is 2.29. The summed E-state index contributed by atoms with van der Waals surface area (Å²) in [6.07, 6.45) is 1.65. The van der Waals surface area contributed by atoms with Gasteiger partial charge in [0, 0.05) is 43.7 Å². The molecule has 4 aromatic rings. The molecule has 0 unspecified atom stereocenters. The minimum absolute atomic E-state index is 0.0368. The summed E-state index contributed by atoms with van der Waals surface area (Å²) in [5.41, 5.74) is 1.91. The van der Waals surface area contributed by atoms with Crippen molar-refractivity contribution in [2.75, 3.05) is 0 Å². The van der Waals surface area contributed by atoms with Gasteiger partial charge >= 0.3 is 0 Å². The summed E-state index contributed by atoms with van der Waals surface area (Å²) in [7, 11) is 0. The van der Waals surface area contributed by atoms with Crippen molar-refractivity contribution in [3.63, 3.8) is 0 Å². The molecule has 0 bridgehead atoms. The molecule has 102 valence electrons. The Kier molecular flexibility index (Phi) is 2.65. The molecule has 2 aromatic carbocycles. The van der Waals surface area contributed by atoms with Crippen molar-refractivity contribution in [1.82, 2.24) is 4.98 Å². The standard InChI is InChI=1S/C17H10FNOS/c18-10-5-6-11-13(8-19-15(11)7-10)17(20)14-9-21-16-4-2-1-3-12(14)16/h1-9,19H. The van der Waals surface area contributed by atoms with E-state index in [1.807, 2.05) is 29.6 Å². The Labute approximate surface area is 123 Å². The number of thiophene rings is 1. The molecule has 4 heteroatoms. The number of hydrogen-bond acceptors (Lipinski definition) is 2. The summed E-state index contributed by atoms with van der Waals surface area (Å²) in [5.74, 6) is -0.352. The summed E-state index contributed by atoms with van der Waals surface area (Å²) in [6.45, 7) is 0. The average Bonchev–Trinajstić information content (AvgIpc) is 3.10. The summed E-state index contributed by atoms with van der Waals surface area (Å²) < 4.78 is 14.3. The molecule has 0 spiro atoms. The van der Waals surface area contributed by atoms with Crippen LogP contribution >= 0.6 is 11.3 Å². The van der Waals surface area contributed by atoms with Gasteiger partial charge in [0.05, 0.1) is 0 Å². The lowest BCUT2D eigenvalue weighted by atomic mass is 10.0. The fourth-order valence-corrected chi connectivity index (χ4v) is 3.53. The molecule has 0 saturated heterocycles. The molecule has 0 aliphatic heterocycles. The van der Waals surface area contributed by atoms with Crippen molar-refractivity contribution in [3.8, 4) is 0 Å². The van der Waals surface area contributed by atoms with E-state index in [2.05, 4.69) is 4.98 Å². The van der Waals surface area contributed by atoms with Crippen LogP contribution in [0.5, 0.6) is 0 Å². The molecule has 2 aromatic heterocycles. The van der Waals surface area contributed by atoms with Crippen LogP contribution in [0.2, 0.25) is 0 Å². The highest BCUT2D eigenvalue weighted by molar-refractivity contribution is 7.17. The van der Waals surface area contributed by atoms with Crippen molar-refractivity contribution in [1.29, 1.82) is 0 Å². The van der Waals surface area contributed by atoms with E-state index in [9.17, 15) is 9.18 Å². The molecule has 0 atom stereocenters. The van der Waals surface area contributed by atoms with E-state index in [0.29, 0.717) is 16.6 Å². The number of benzene rings is 2. The van der Waals surface area contributed by atoms with E-state index >= 15 is 0 Å². The molecule has 0 amide bonds. The Bertz CT molecular complexity index is 983. The highest BCUT2D eigenvalue weighted by Gasteiger charge is 2.17. The van der Waals surface area contributed by atoms with Crippen molar-refractivity contribution in [2.24, 2.45) is 0 Å². The topological polar surface area (TPSA) is 32.9 Å². The minimum Gasteiger partial charge on any atom is -0.360 e. The lowest BCUT2D eigenvalue weighted by Gasteiger charge is -1.98. The number of fused-ring (bicyclic) bond motifs is 2. The highest BCUT2D eigenvalue weighted by atomic mass is 32.1. The number of nitrogens with one attached hydrogen (secondary N) is 1. The Morgan fingerprint density at radius 2 is 1.90 bits per heavy atom. The van der Waals surface area contributed by atoms with E-state index in [1.54, 1.807) is 23.6 Å². The van der Waals surface area contributed by atoms with Crippen LogP contribution in [0.3, 0.4) is 0 Å². The number of ketones is 1. The Morgan fingerprint density at radius 3 is 2.81 bits per heavy atom. The molecule has 0 radical (unpaired) electrons. The first-order chi connectivity index (χ1) is 10.2. The number of carbonyl (C=O) groups excluding carboxylic acids is 1. The van der Waals surface area contributed by atoms with Gasteiger partial charge in [-0.3, -0.25) is 4.79 Å². The van der Waals surface area contributed by atoms with Crippen LogP contribution in [-0.4, -0.2) is 10.8 Å². The minimum atomic E-state index is -0.315. The third-order valence-electron chi connectivity index (χ3n) is 3.61. The second kappa shape index (κ2) is 4.53. The zero-order valence-electron chi connectivity index (χ0n) is 10.9. The second-order valence-electron chi connectivity index (χ2n) is 4.87. The molecule has 1 N–H and O–H groups in total. The fraction of sp³-hybridized carbons (Fsp3) is 0. The third-order valence-corrected chi connectivity index (χ3v) is 4.58. The van der Waals surface area contributed by atoms with Gasteiger partial charge in [0.2, 0.25) is 0 Å². The summed E-state index contributed by atoms with van der Waals surface area (Å²) in [5, 5.41) is 3.59. The van der Waals surface area contributed by atoms with Gasteiger partial charge in [-0.15, -0.1) is 11.3 Å². The quantitative estimate of drug-likeness (QED) is 0.532. The summed E-state index contributed by atoms with van der Waals surface area (Å²) >= 11 is 1.56. The van der Waals surface area contributed by atoms with E-state index < -0.39 is 0 Å². The average molecular weight is 295 g/mol. The Hall–Kier alpha value is -2.46. The van der Waals surface area contributed by atoms with Crippen molar-refractivity contribution >= 4 is 38.1 Å². The number of aromatic nitrogens is 1. The van der Waals surface area contributed by atoms with Crippen molar-refractivity contribution < 1.29 is 9.18 Å². The van der Waals surface area contributed by atoms with Crippen LogP contribution in [0.15, 0.2) is 54.0 Å². The van der Waals surface area contributed by atoms with Crippen LogP contribution < -0.4 is 0 Å². The van der Waals surface area contributed by atoms with Crippen molar-refractivity contribution in [2.45, 2.75) is 0 Å². The normalized spacial score (nSPS) is 11.3. The van der Waals surface area contributed by atoms with Crippen molar-refractivity contribution in [3.05, 3.63) is 71.0 Å². The number of H-pyrrole nitrogens is 1. The first-order valence-corrected chi connectivity index (χ1v) is 7.39. The smallest absolute Gasteiger partial charge is 0.196 e. The number of aromatic amines is 1. The van der Waals surface area contributed by atoms with Gasteiger partial charge in [0.25, 0.3) is 0 Å². The summed E-state index contributed by atoms with van der Waals surface area (Å²) in [6, 6.07) is 12.3. The maximum atomic E-state index is 13.2. The maximum absolute atomic E-state index is 13.2. The van der Waals surface area contributed by atoms with Gasteiger partial charge < -0.3 is 4.98 Å². The molecule has 0 fully saturated rings. The monoisotopic (exact) mass is 295 g/mol. The lowest BCUT2D eigenvalue weighted by Crippen LogP contribution is -1.99. The Balaban J connectivity index is 1.90. The van der Waals surface area contributed by atoms with E-state index in [-0.39, 0.29) is 11.6 Å². The SMILES string of the molecule is O=C(c1c[nH]c2cc(F)ccc12)c1csc2ccccc12. The molecular formula is C17H10FNOS. The number of rotatable bonds is 2. The molecule has 0 aliphatic carbocycles. The predicted octanol–water partition coefficient (Wildman–Crippen LogP) is 4.75. The van der Waals surface area contributed by atoms with Crippen LogP contribution in [0.4, 0.5) is 4.39 Å². The second-order valence-corrected chi connectivity index (χ2v) is 5.78. The zero-order valence-corrected chi connectivity index (χ0v) is 11.7. The number of hydrogen-bond donors (Lipinski definition) is 1. The largest absolute Gasteiger partial charge is 0.360 e. The number of halogens is 1. The molecule has 0 saturated carbocycles. The summed E-state index contributed by atoms with van der Waals surface area (Å²) in [4.78, 5) is 15.7. The molecule has 0 aliphatic rings. The van der Waals surface area contributed by atoms with Crippen LogP contribution in [0.25, 0.3) is 21.0 Å². The van der Waals surface area contributed by atoms with E-state index in [0.717, 1.165) is 15.5 Å². The predicted molar refractivity (Wildman–Crippen MR) is 83.5 cm³/mol. The van der Waals surface area contributed by atoms with Gasteiger partial charge in [-0.1, -0.05) is 18.2 Å². The van der Waals surface area contributed by atoms with Crippen LogP contribution in [0, 0.1) is 5.82 Å². The first kappa shape index (κ1) is 12.3. The van der Waals surface area contributed by atoms with Gasteiger partial charge in [-0.05, 0) is 24.3 Å². The number of carbonyl (C=O) groups is 1. The van der Waals surface area contributed by atoms with E-state index in [4.69, 9.17) is 0 Å². The lowest BCUT2D eigenvalue weighted by molar-refractivity contribution is 0.104. The van der Waals surface area contributed by atoms with Gasteiger partial charge in [-0.2, -0.15) is 0 Å². The first-order valence-electron chi connectivity index (χ1n) is 6.51. The zero-order chi connectivity index (χ0) is 14.4. The molecule has 21 heavy (non-hydrogen) atoms. The van der Waals surface area contributed by atoms with Gasteiger partial charge in [-0.25, -0.2) is 4.39 Å². The van der Waals surface area contributed by atoms with E-state index in [1.165, 1.54) is 12.1 Å². The van der Waals surface area contributed by atoms with Gasteiger partial charge in [0.15, 0.2) is 5.78 Å². The third kappa shape index (κ3) is 1.87. The molecule has 2 nitrogen and oxygen atoms in total. The maximum Gasteiger partial charge on any atom is 0.196 e. The van der Waals surface area contributed by atoms with Gasteiger partial charge in [0.1, 0.15) is 5.82 Å². The van der Waals surface area contributed by atoms with Crippen LogP contribution in [0.1, 0.15) is 15.9 Å². The molecule has 4 rings (SSSR count). The fourth-order valence-electron chi connectivity index (χ4n) is 2.59. The molecule has 2 heterocycles. The molecular weight excluding hydrogens is 285 g/mol.